The van der Waals surface area contributed by atoms with E-state index in [1.54, 1.807) is 13.8 Å². The van der Waals surface area contributed by atoms with Crippen LogP contribution in [0.25, 0.3) is 0 Å². The van der Waals surface area contributed by atoms with Crippen molar-refractivity contribution in [3.8, 4) is 0 Å². The summed E-state index contributed by atoms with van der Waals surface area (Å²) >= 11 is 1.13. The molecule has 0 atom stereocenters. The summed E-state index contributed by atoms with van der Waals surface area (Å²) in [5.41, 5.74) is 0.595. The maximum atomic E-state index is 12.2. The van der Waals surface area contributed by atoms with Crippen LogP contribution < -0.4 is 10.9 Å². The van der Waals surface area contributed by atoms with Gasteiger partial charge in [0.25, 0.3) is 11.5 Å². The first-order chi connectivity index (χ1) is 10.3. The van der Waals surface area contributed by atoms with Crippen molar-refractivity contribution in [1.29, 1.82) is 0 Å². The van der Waals surface area contributed by atoms with Gasteiger partial charge in [-0.3, -0.25) is 9.59 Å². The topological polar surface area (TPSA) is 114 Å². The van der Waals surface area contributed by atoms with Crippen molar-refractivity contribution in [2.45, 2.75) is 20.4 Å². The van der Waals surface area contributed by atoms with Crippen molar-refractivity contribution in [2.24, 2.45) is 7.05 Å². The maximum Gasteiger partial charge on any atom is 0.355 e. The number of nitrogens with one attached hydrogen (secondary N) is 1. The molecular weight excluding hydrogens is 308 g/mol. The highest BCUT2D eigenvalue weighted by molar-refractivity contribution is 7.09. The Labute approximate surface area is 129 Å². The van der Waals surface area contributed by atoms with Crippen LogP contribution >= 0.6 is 11.3 Å². The summed E-state index contributed by atoms with van der Waals surface area (Å²) in [4.78, 5) is 38.9. The second kappa shape index (κ2) is 6.06. The van der Waals surface area contributed by atoms with Crippen LogP contribution in [0.4, 0.5) is 0 Å². The third kappa shape index (κ3) is 3.03. The molecule has 2 rings (SSSR count). The van der Waals surface area contributed by atoms with Gasteiger partial charge >= 0.3 is 5.97 Å². The molecule has 2 heterocycles. The molecule has 0 saturated heterocycles. The Hall–Kier alpha value is -2.55. The molecule has 0 aliphatic heterocycles. The number of carboxylic acids is 1. The molecule has 0 unspecified atom stereocenters. The molecule has 0 bridgehead atoms. The minimum atomic E-state index is -1.12. The average molecular weight is 322 g/mol. The van der Waals surface area contributed by atoms with Crippen LogP contribution in [-0.2, 0) is 13.6 Å². The molecule has 22 heavy (non-hydrogen) atoms. The fourth-order valence-electron chi connectivity index (χ4n) is 1.85. The molecule has 9 heteroatoms. The number of aromatic nitrogens is 3. The zero-order chi connectivity index (χ0) is 16.4. The maximum absolute atomic E-state index is 12.2. The number of carbonyl (C=O) groups excluding carboxylic acids is 1. The molecule has 2 N–H and O–H groups in total. The van der Waals surface area contributed by atoms with Crippen LogP contribution in [0.1, 0.15) is 37.1 Å². The van der Waals surface area contributed by atoms with Gasteiger partial charge in [-0.15, -0.1) is 11.3 Å². The van der Waals surface area contributed by atoms with E-state index in [1.807, 2.05) is 0 Å². The number of nitrogens with zero attached hydrogens (tertiary/aromatic N) is 3. The minimum Gasteiger partial charge on any atom is -0.476 e. The van der Waals surface area contributed by atoms with Crippen molar-refractivity contribution < 1.29 is 14.7 Å². The molecule has 0 radical (unpaired) electrons. The number of rotatable bonds is 4. The van der Waals surface area contributed by atoms with Crippen LogP contribution in [0.2, 0.25) is 0 Å². The first-order valence-corrected chi connectivity index (χ1v) is 7.19. The van der Waals surface area contributed by atoms with Gasteiger partial charge in [-0.05, 0) is 19.4 Å². The van der Waals surface area contributed by atoms with Gasteiger partial charge in [0.2, 0.25) is 0 Å². The molecule has 0 aliphatic rings. The number of hydrogen-bond acceptors (Lipinski definition) is 6. The quantitative estimate of drug-likeness (QED) is 0.846. The molecule has 1 amide bonds. The smallest absolute Gasteiger partial charge is 0.355 e. The SMILES string of the molecule is Cc1nn(C)c(=O)c(C(=O)NCc2nc(C(=O)O)cs2)c1C. The van der Waals surface area contributed by atoms with E-state index in [0.29, 0.717) is 16.3 Å². The molecule has 0 spiro atoms. The third-order valence-electron chi connectivity index (χ3n) is 3.12. The number of aromatic carboxylic acids is 1. The lowest BCUT2D eigenvalue weighted by Crippen LogP contribution is -2.34. The summed E-state index contributed by atoms with van der Waals surface area (Å²) in [7, 11) is 1.48. The molecule has 116 valence electrons. The molecule has 0 saturated carbocycles. The number of amides is 1. The Kier molecular flexibility index (Phi) is 4.36. The summed E-state index contributed by atoms with van der Waals surface area (Å²) in [5, 5.41) is 17.2. The molecular formula is C13H14N4O4S. The summed E-state index contributed by atoms with van der Waals surface area (Å²) < 4.78 is 1.11. The summed E-state index contributed by atoms with van der Waals surface area (Å²) in [6, 6.07) is 0. The Bertz CT molecular complexity index is 809. The largest absolute Gasteiger partial charge is 0.476 e. The van der Waals surface area contributed by atoms with Gasteiger partial charge in [-0.1, -0.05) is 0 Å². The van der Waals surface area contributed by atoms with Gasteiger partial charge in [-0.2, -0.15) is 5.10 Å². The van der Waals surface area contributed by atoms with Crippen LogP contribution in [0.15, 0.2) is 10.2 Å². The fraction of sp³-hybridized carbons (Fsp3) is 0.308. The van der Waals surface area contributed by atoms with Crippen LogP contribution in [-0.4, -0.2) is 31.7 Å². The van der Waals surface area contributed by atoms with Crippen molar-refractivity contribution in [3.05, 3.63) is 43.3 Å². The van der Waals surface area contributed by atoms with Gasteiger partial charge < -0.3 is 10.4 Å². The highest BCUT2D eigenvalue weighted by Gasteiger charge is 2.18. The Morgan fingerprint density at radius 1 is 1.41 bits per heavy atom. The summed E-state index contributed by atoms with van der Waals surface area (Å²) in [6.07, 6.45) is 0. The van der Waals surface area contributed by atoms with E-state index < -0.39 is 17.4 Å². The lowest BCUT2D eigenvalue weighted by atomic mass is 10.1. The van der Waals surface area contributed by atoms with E-state index in [2.05, 4.69) is 15.4 Å². The first kappa shape index (κ1) is 15.8. The van der Waals surface area contributed by atoms with Crippen LogP contribution in [0.5, 0.6) is 0 Å². The highest BCUT2D eigenvalue weighted by Crippen LogP contribution is 2.10. The Morgan fingerprint density at radius 2 is 2.09 bits per heavy atom. The number of thiazole rings is 1. The molecule has 2 aromatic rings. The molecule has 0 aromatic carbocycles. The Balaban J connectivity index is 2.19. The average Bonchev–Trinajstić information content (AvgIpc) is 2.92. The first-order valence-electron chi connectivity index (χ1n) is 6.31. The molecule has 0 fully saturated rings. The van der Waals surface area contributed by atoms with E-state index in [1.165, 1.54) is 12.4 Å². The number of carbonyl (C=O) groups is 2. The standard InChI is InChI=1S/C13H14N4O4S/c1-6-7(2)16-17(3)12(19)10(6)11(18)14-4-9-15-8(5-22-9)13(20)21/h5H,4H2,1-3H3,(H,14,18)(H,20,21). The number of carboxylic acid groups (broad SMARTS) is 1. The van der Waals surface area contributed by atoms with E-state index in [-0.39, 0.29) is 17.8 Å². The van der Waals surface area contributed by atoms with Crippen molar-refractivity contribution in [2.75, 3.05) is 0 Å². The monoisotopic (exact) mass is 322 g/mol. The van der Waals surface area contributed by atoms with Gasteiger partial charge in [0, 0.05) is 12.4 Å². The van der Waals surface area contributed by atoms with Crippen molar-refractivity contribution >= 4 is 23.2 Å². The molecule has 0 aliphatic carbocycles. The number of hydrogen-bond donors (Lipinski definition) is 2. The van der Waals surface area contributed by atoms with Crippen molar-refractivity contribution in [1.82, 2.24) is 20.1 Å². The molecule has 8 nitrogen and oxygen atoms in total. The predicted octanol–water partition coefficient (Wildman–Crippen LogP) is 0.482. The van der Waals surface area contributed by atoms with Crippen LogP contribution in [0.3, 0.4) is 0 Å². The minimum absolute atomic E-state index is 0.0324. The zero-order valence-corrected chi connectivity index (χ0v) is 13.0. The van der Waals surface area contributed by atoms with Crippen molar-refractivity contribution in [3.63, 3.8) is 0 Å². The summed E-state index contributed by atoms with van der Waals surface area (Å²) in [6.45, 7) is 3.43. The lowest BCUT2D eigenvalue weighted by Gasteiger charge is -2.09. The van der Waals surface area contributed by atoms with E-state index in [4.69, 9.17) is 5.11 Å². The van der Waals surface area contributed by atoms with Gasteiger partial charge in [0.15, 0.2) is 5.69 Å². The number of aryl methyl sites for hydroxylation is 2. The van der Waals surface area contributed by atoms with Gasteiger partial charge in [-0.25, -0.2) is 14.5 Å². The highest BCUT2D eigenvalue weighted by atomic mass is 32.1. The second-order valence-electron chi connectivity index (χ2n) is 4.63. The van der Waals surface area contributed by atoms with Gasteiger partial charge in [0.1, 0.15) is 10.6 Å². The van der Waals surface area contributed by atoms with E-state index in [9.17, 15) is 14.4 Å². The second-order valence-corrected chi connectivity index (χ2v) is 5.57. The predicted molar refractivity (Wildman–Crippen MR) is 79.2 cm³/mol. The lowest BCUT2D eigenvalue weighted by molar-refractivity contribution is 0.0691. The van der Waals surface area contributed by atoms with E-state index >= 15 is 0 Å². The zero-order valence-electron chi connectivity index (χ0n) is 12.2. The van der Waals surface area contributed by atoms with Gasteiger partial charge in [0.05, 0.1) is 12.2 Å². The molecule has 2 aromatic heterocycles. The Morgan fingerprint density at radius 3 is 2.68 bits per heavy atom. The van der Waals surface area contributed by atoms with E-state index in [0.717, 1.165) is 16.0 Å². The van der Waals surface area contributed by atoms with Crippen LogP contribution in [0, 0.1) is 13.8 Å². The third-order valence-corrected chi connectivity index (χ3v) is 3.97. The fourth-order valence-corrected chi connectivity index (χ4v) is 2.56. The normalized spacial score (nSPS) is 10.5. The summed E-state index contributed by atoms with van der Waals surface area (Å²) in [5.74, 6) is -1.65.